The van der Waals surface area contributed by atoms with E-state index >= 15 is 0 Å². The van der Waals surface area contributed by atoms with Crippen LogP contribution in [-0.4, -0.2) is 31.7 Å². The number of carbonyl (C=O) groups excluding carboxylic acids is 1. The van der Waals surface area contributed by atoms with Gasteiger partial charge in [0.05, 0.1) is 6.10 Å². The summed E-state index contributed by atoms with van der Waals surface area (Å²) in [7, 11) is 0. The van der Waals surface area contributed by atoms with Crippen LogP contribution >= 0.6 is 0 Å². The molecule has 0 spiro atoms. The molecule has 2 heterocycles. The fraction of sp³-hybridized carbons (Fsp3) is 0.611. The van der Waals surface area contributed by atoms with Gasteiger partial charge in [0.25, 0.3) is 0 Å². The second-order valence-corrected chi connectivity index (χ2v) is 6.54. The van der Waals surface area contributed by atoms with Crippen molar-refractivity contribution in [3.63, 3.8) is 0 Å². The minimum absolute atomic E-state index is 0.0767. The predicted octanol–water partition coefficient (Wildman–Crippen LogP) is 2.91. The Kier molecular flexibility index (Phi) is 5.11. The molecule has 1 aromatic rings. The number of anilines is 1. The van der Waals surface area contributed by atoms with Crippen LogP contribution in [0, 0.1) is 5.92 Å². The van der Waals surface area contributed by atoms with Crippen LogP contribution in [0.2, 0.25) is 0 Å². The average Bonchev–Trinajstić information content (AvgIpc) is 2.56. The molecule has 0 saturated carbocycles. The summed E-state index contributed by atoms with van der Waals surface area (Å²) in [5.74, 6) is 0.861. The summed E-state index contributed by atoms with van der Waals surface area (Å²) in [6.45, 7) is 4.93. The Morgan fingerprint density at radius 1 is 1.18 bits per heavy atom. The minimum Gasteiger partial charge on any atom is -0.378 e. The van der Waals surface area contributed by atoms with Crippen LogP contribution < -0.4 is 10.6 Å². The zero-order chi connectivity index (χ0) is 15.4. The van der Waals surface area contributed by atoms with E-state index in [1.165, 1.54) is 18.4 Å². The molecule has 2 N–H and O–H groups in total. The van der Waals surface area contributed by atoms with E-state index in [1.807, 2.05) is 19.1 Å². The van der Waals surface area contributed by atoms with E-state index in [9.17, 15) is 4.79 Å². The summed E-state index contributed by atoms with van der Waals surface area (Å²) in [5.41, 5.74) is 2.29. The maximum atomic E-state index is 12.3. The number of benzene rings is 1. The number of ether oxygens (including phenoxy) is 1. The molecular formula is C18H26N2O2. The molecule has 120 valence electrons. The van der Waals surface area contributed by atoms with Gasteiger partial charge in [-0.3, -0.25) is 4.79 Å². The summed E-state index contributed by atoms with van der Waals surface area (Å²) >= 11 is 0. The highest BCUT2D eigenvalue weighted by molar-refractivity contribution is 5.92. The lowest BCUT2D eigenvalue weighted by molar-refractivity contribution is -0.124. The van der Waals surface area contributed by atoms with Gasteiger partial charge in [0.15, 0.2) is 0 Å². The van der Waals surface area contributed by atoms with Crippen molar-refractivity contribution < 1.29 is 9.53 Å². The first-order valence-electron chi connectivity index (χ1n) is 8.45. The summed E-state index contributed by atoms with van der Waals surface area (Å²) in [5, 5.41) is 6.45. The van der Waals surface area contributed by atoms with E-state index in [4.69, 9.17) is 4.74 Å². The summed E-state index contributed by atoms with van der Waals surface area (Å²) < 4.78 is 5.51. The normalized spacial score (nSPS) is 26.6. The van der Waals surface area contributed by atoms with E-state index in [0.29, 0.717) is 12.5 Å². The molecular weight excluding hydrogens is 276 g/mol. The van der Waals surface area contributed by atoms with E-state index in [-0.39, 0.29) is 17.9 Å². The van der Waals surface area contributed by atoms with Crippen molar-refractivity contribution in [3.8, 4) is 0 Å². The van der Waals surface area contributed by atoms with Gasteiger partial charge in [-0.05, 0) is 69.3 Å². The molecule has 0 aromatic heterocycles. The second kappa shape index (κ2) is 7.25. The number of carbonyl (C=O) groups is 1. The van der Waals surface area contributed by atoms with Crippen molar-refractivity contribution in [2.24, 2.45) is 5.92 Å². The van der Waals surface area contributed by atoms with E-state index in [1.54, 1.807) is 0 Å². The highest BCUT2D eigenvalue weighted by Gasteiger charge is 2.25. The fourth-order valence-electron chi connectivity index (χ4n) is 3.47. The molecule has 2 fully saturated rings. The Hall–Kier alpha value is -1.39. The van der Waals surface area contributed by atoms with Gasteiger partial charge >= 0.3 is 0 Å². The Morgan fingerprint density at radius 2 is 1.91 bits per heavy atom. The molecule has 0 radical (unpaired) electrons. The standard InChI is InChI=1S/C18H26N2O2/c1-13-12-16(8-11-22-13)18(21)20-17-4-2-14(3-5-17)15-6-9-19-10-7-15/h2-5,13,15-16,19H,6-12H2,1H3,(H,20,21). The van der Waals surface area contributed by atoms with Crippen LogP contribution in [-0.2, 0) is 9.53 Å². The topological polar surface area (TPSA) is 50.4 Å². The molecule has 3 rings (SSSR count). The molecule has 1 aromatic carbocycles. The number of piperidine rings is 1. The molecule has 22 heavy (non-hydrogen) atoms. The number of nitrogens with one attached hydrogen (secondary N) is 2. The second-order valence-electron chi connectivity index (χ2n) is 6.54. The molecule has 4 nitrogen and oxygen atoms in total. The third-order valence-corrected chi connectivity index (χ3v) is 4.84. The molecule has 0 bridgehead atoms. The highest BCUT2D eigenvalue weighted by Crippen LogP contribution is 2.27. The van der Waals surface area contributed by atoms with Crippen molar-refractivity contribution in [1.82, 2.24) is 5.32 Å². The summed E-state index contributed by atoms with van der Waals surface area (Å²) in [6.07, 6.45) is 4.23. The van der Waals surface area contributed by atoms with E-state index in [2.05, 4.69) is 22.8 Å². The van der Waals surface area contributed by atoms with Gasteiger partial charge < -0.3 is 15.4 Å². The number of amides is 1. The molecule has 2 aliphatic heterocycles. The van der Waals surface area contributed by atoms with Crippen LogP contribution in [0.5, 0.6) is 0 Å². The van der Waals surface area contributed by atoms with Crippen LogP contribution in [0.1, 0.15) is 44.1 Å². The predicted molar refractivity (Wildman–Crippen MR) is 88.1 cm³/mol. The molecule has 2 atom stereocenters. The number of rotatable bonds is 3. The monoisotopic (exact) mass is 302 g/mol. The lowest BCUT2D eigenvalue weighted by atomic mass is 9.90. The largest absolute Gasteiger partial charge is 0.378 e. The molecule has 2 unspecified atom stereocenters. The first kappa shape index (κ1) is 15.5. The zero-order valence-corrected chi connectivity index (χ0v) is 13.3. The molecule has 0 aliphatic carbocycles. The SMILES string of the molecule is CC1CC(C(=O)Nc2ccc(C3CCNCC3)cc2)CCO1. The first-order valence-corrected chi connectivity index (χ1v) is 8.45. The highest BCUT2D eigenvalue weighted by atomic mass is 16.5. The van der Waals surface area contributed by atoms with Crippen molar-refractivity contribution in [1.29, 1.82) is 0 Å². The molecule has 1 amide bonds. The lowest BCUT2D eigenvalue weighted by Gasteiger charge is -2.26. The van der Waals surface area contributed by atoms with Crippen LogP contribution in [0.3, 0.4) is 0 Å². The summed E-state index contributed by atoms with van der Waals surface area (Å²) in [4.78, 5) is 12.3. The van der Waals surface area contributed by atoms with Crippen LogP contribution in [0.4, 0.5) is 5.69 Å². The zero-order valence-electron chi connectivity index (χ0n) is 13.3. The van der Waals surface area contributed by atoms with Gasteiger partial charge in [0.2, 0.25) is 5.91 Å². The van der Waals surface area contributed by atoms with Crippen molar-refractivity contribution in [2.75, 3.05) is 25.0 Å². The number of hydrogen-bond acceptors (Lipinski definition) is 3. The average molecular weight is 302 g/mol. The van der Waals surface area contributed by atoms with Crippen molar-refractivity contribution in [3.05, 3.63) is 29.8 Å². The van der Waals surface area contributed by atoms with Gasteiger partial charge in [-0.25, -0.2) is 0 Å². The van der Waals surface area contributed by atoms with E-state index < -0.39 is 0 Å². The Labute approximate surface area is 132 Å². The number of hydrogen-bond donors (Lipinski definition) is 2. The van der Waals surface area contributed by atoms with Crippen molar-refractivity contribution in [2.45, 2.75) is 44.6 Å². The van der Waals surface area contributed by atoms with Crippen LogP contribution in [0.15, 0.2) is 24.3 Å². The van der Waals surface area contributed by atoms with Crippen LogP contribution in [0.25, 0.3) is 0 Å². The fourth-order valence-corrected chi connectivity index (χ4v) is 3.47. The van der Waals surface area contributed by atoms with E-state index in [0.717, 1.165) is 31.6 Å². The molecule has 2 aliphatic rings. The van der Waals surface area contributed by atoms with Gasteiger partial charge in [0.1, 0.15) is 0 Å². The quantitative estimate of drug-likeness (QED) is 0.902. The summed E-state index contributed by atoms with van der Waals surface area (Å²) in [6, 6.07) is 8.41. The van der Waals surface area contributed by atoms with Gasteiger partial charge in [-0.1, -0.05) is 12.1 Å². The maximum absolute atomic E-state index is 12.3. The lowest BCUT2D eigenvalue weighted by Crippen LogP contribution is -2.32. The Balaban J connectivity index is 1.57. The third kappa shape index (κ3) is 3.87. The van der Waals surface area contributed by atoms with Gasteiger partial charge in [-0.2, -0.15) is 0 Å². The Bertz CT molecular complexity index is 494. The van der Waals surface area contributed by atoms with Gasteiger partial charge in [-0.15, -0.1) is 0 Å². The molecule has 4 heteroatoms. The third-order valence-electron chi connectivity index (χ3n) is 4.84. The smallest absolute Gasteiger partial charge is 0.227 e. The van der Waals surface area contributed by atoms with Gasteiger partial charge in [0, 0.05) is 18.2 Å². The maximum Gasteiger partial charge on any atom is 0.227 e. The minimum atomic E-state index is 0.0767. The molecule has 2 saturated heterocycles. The first-order chi connectivity index (χ1) is 10.7. The Morgan fingerprint density at radius 3 is 2.59 bits per heavy atom. The van der Waals surface area contributed by atoms with Crippen molar-refractivity contribution >= 4 is 11.6 Å².